The second-order valence-electron chi connectivity index (χ2n) is 5.58. The summed E-state index contributed by atoms with van der Waals surface area (Å²) in [5.74, 6) is 3.11. The van der Waals surface area contributed by atoms with Crippen LogP contribution in [0.25, 0.3) is 0 Å². The molecule has 1 aromatic carbocycles. The Morgan fingerprint density at radius 2 is 2.12 bits per heavy atom. The predicted octanol–water partition coefficient (Wildman–Crippen LogP) is 3.17. The summed E-state index contributed by atoms with van der Waals surface area (Å²) in [6.07, 6.45) is 2.17. The molecule has 0 spiro atoms. The molecule has 26 heavy (non-hydrogen) atoms. The summed E-state index contributed by atoms with van der Waals surface area (Å²) in [4.78, 5) is 19.3. The van der Waals surface area contributed by atoms with Gasteiger partial charge >= 0.3 is 0 Å². The fourth-order valence-electron chi connectivity index (χ4n) is 2.33. The van der Waals surface area contributed by atoms with E-state index < -0.39 is 0 Å². The highest BCUT2D eigenvalue weighted by molar-refractivity contribution is 7.98. The summed E-state index contributed by atoms with van der Waals surface area (Å²) in [5.41, 5.74) is 2.67. The summed E-state index contributed by atoms with van der Waals surface area (Å²) >= 11 is 3.26. The first-order chi connectivity index (χ1) is 12.7. The Balaban J connectivity index is 1.48. The van der Waals surface area contributed by atoms with Crippen molar-refractivity contribution in [1.29, 1.82) is 0 Å². The van der Waals surface area contributed by atoms with E-state index in [1.54, 1.807) is 25.1 Å². The van der Waals surface area contributed by atoms with Gasteiger partial charge in [-0.05, 0) is 35.3 Å². The minimum atomic E-state index is -0.117. The van der Waals surface area contributed by atoms with Crippen LogP contribution in [0.1, 0.15) is 16.8 Å². The first kappa shape index (κ1) is 18.5. The van der Waals surface area contributed by atoms with E-state index in [0.29, 0.717) is 17.9 Å². The quantitative estimate of drug-likeness (QED) is 0.548. The topological polar surface area (TPSA) is 79.9 Å². The van der Waals surface area contributed by atoms with E-state index in [0.717, 1.165) is 35.1 Å². The molecule has 136 valence electrons. The molecule has 3 rings (SSSR count). The zero-order valence-corrected chi connectivity index (χ0v) is 16.0. The largest absolute Gasteiger partial charge is 0.497 e. The number of rotatable bonds is 9. The van der Waals surface area contributed by atoms with Crippen LogP contribution in [0.15, 0.2) is 46.7 Å². The number of ether oxygens (including phenoxy) is 1. The SMILES string of the molecule is COc1ccc(Cc2cnc(NCCSCc3ccsn3)[nH]c2=O)cc1. The molecule has 0 aliphatic carbocycles. The van der Waals surface area contributed by atoms with Crippen molar-refractivity contribution in [2.45, 2.75) is 12.2 Å². The Hall–Kier alpha value is -2.32. The van der Waals surface area contributed by atoms with Crippen molar-refractivity contribution in [3.05, 3.63) is 69.1 Å². The number of thioether (sulfide) groups is 1. The number of aromatic amines is 1. The number of nitrogens with zero attached hydrogens (tertiary/aromatic N) is 2. The number of hydrogen-bond acceptors (Lipinski definition) is 7. The smallest absolute Gasteiger partial charge is 0.255 e. The van der Waals surface area contributed by atoms with E-state index >= 15 is 0 Å². The Kier molecular flexibility index (Phi) is 6.68. The van der Waals surface area contributed by atoms with E-state index in [-0.39, 0.29) is 5.56 Å². The molecule has 2 aromatic heterocycles. The fourth-order valence-corrected chi connectivity index (χ4v) is 3.71. The molecule has 0 aliphatic heterocycles. The second-order valence-corrected chi connectivity index (χ2v) is 7.35. The van der Waals surface area contributed by atoms with Crippen LogP contribution >= 0.6 is 23.3 Å². The van der Waals surface area contributed by atoms with Crippen LogP contribution in [-0.4, -0.2) is 33.7 Å². The van der Waals surface area contributed by atoms with Crippen molar-refractivity contribution < 1.29 is 4.74 Å². The maximum atomic E-state index is 12.2. The van der Waals surface area contributed by atoms with Crippen LogP contribution in [0.3, 0.4) is 0 Å². The lowest BCUT2D eigenvalue weighted by Crippen LogP contribution is -2.18. The van der Waals surface area contributed by atoms with Gasteiger partial charge in [-0.3, -0.25) is 9.78 Å². The number of methoxy groups -OCH3 is 1. The molecule has 0 radical (unpaired) electrons. The summed E-state index contributed by atoms with van der Waals surface area (Å²) in [7, 11) is 1.63. The van der Waals surface area contributed by atoms with Crippen molar-refractivity contribution >= 4 is 29.2 Å². The average Bonchev–Trinajstić information content (AvgIpc) is 3.18. The van der Waals surface area contributed by atoms with Gasteiger partial charge in [0, 0.05) is 41.6 Å². The maximum Gasteiger partial charge on any atom is 0.255 e. The summed E-state index contributed by atoms with van der Waals surface area (Å²) in [5, 5.41) is 5.13. The van der Waals surface area contributed by atoms with E-state index in [2.05, 4.69) is 19.7 Å². The highest BCUT2D eigenvalue weighted by atomic mass is 32.2. The van der Waals surface area contributed by atoms with Crippen molar-refractivity contribution in [2.24, 2.45) is 0 Å². The highest BCUT2D eigenvalue weighted by Gasteiger charge is 2.05. The number of anilines is 1. The first-order valence-electron chi connectivity index (χ1n) is 8.16. The van der Waals surface area contributed by atoms with Crippen LogP contribution in [0.4, 0.5) is 5.95 Å². The zero-order chi connectivity index (χ0) is 18.2. The van der Waals surface area contributed by atoms with Gasteiger partial charge in [0.05, 0.1) is 12.8 Å². The van der Waals surface area contributed by atoms with Gasteiger partial charge in [-0.15, -0.1) is 0 Å². The Labute approximate surface area is 160 Å². The lowest BCUT2D eigenvalue weighted by atomic mass is 10.1. The van der Waals surface area contributed by atoms with Gasteiger partial charge in [0.25, 0.3) is 5.56 Å². The molecule has 8 heteroatoms. The van der Waals surface area contributed by atoms with Crippen molar-refractivity contribution in [1.82, 2.24) is 14.3 Å². The van der Waals surface area contributed by atoms with E-state index in [9.17, 15) is 4.79 Å². The van der Waals surface area contributed by atoms with Gasteiger partial charge in [0.15, 0.2) is 0 Å². The van der Waals surface area contributed by atoms with Gasteiger partial charge in [-0.2, -0.15) is 16.1 Å². The van der Waals surface area contributed by atoms with Crippen LogP contribution < -0.4 is 15.6 Å². The second kappa shape index (κ2) is 9.40. The molecule has 3 aromatic rings. The van der Waals surface area contributed by atoms with Gasteiger partial charge in [-0.25, -0.2) is 4.98 Å². The predicted molar refractivity (Wildman–Crippen MR) is 107 cm³/mol. The molecule has 0 saturated carbocycles. The van der Waals surface area contributed by atoms with Crippen LogP contribution in [0.5, 0.6) is 5.75 Å². The van der Waals surface area contributed by atoms with Gasteiger partial charge in [0.2, 0.25) is 5.95 Å². The lowest BCUT2D eigenvalue weighted by Gasteiger charge is -2.07. The van der Waals surface area contributed by atoms with E-state index in [4.69, 9.17) is 4.74 Å². The summed E-state index contributed by atoms with van der Waals surface area (Å²) in [6, 6.07) is 9.70. The number of benzene rings is 1. The molecule has 0 bridgehead atoms. The molecule has 0 saturated heterocycles. The van der Waals surface area contributed by atoms with Crippen LogP contribution in [-0.2, 0) is 12.2 Å². The van der Waals surface area contributed by atoms with E-state index in [1.165, 1.54) is 11.5 Å². The molecule has 0 atom stereocenters. The standard InChI is InChI=1S/C18H20N4O2S2/c1-24-16-4-2-13(3-5-16)10-14-11-20-18(21-17(14)23)19-7-9-25-12-15-6-8-26-22-15/h2-6,8,11H,7,9-10,12H2,1H3,(H2,19,20,21,23). The lowest BCUT2D eigenvalue weighted by molar-refractivity contribution is 0.414. The molecular weight excluding hydrogens is 368 g/mol. The third-order valence-electron chi connectivity index (χ3n) is 3.71. The molecule has 0 aliphatic rings. The Bertz CT molecular complexity index is 864. The van der Waals surface area contributed by atoms with Crippen LogP contribution in [0.2, 0.25) is 0 Å². The number of H-pyrrole nitrogens is 1. The minimum Gasteiger partial charge on any atom is -0.497 e. The normalized spacial score (nSPS) is 10.7. The minimum absolute atomic E-state index is 0.117. The first-order valence-corrected chi connectivity index (χ1v) is 10.2. The molecule has 0 unspecified atom stereocenters. The third kappa shape index (κ3) is 5.34. The molecular formula is C18H20N4O2S2. The molecule has 0 fully saturated rings. The van der Waals surface area contributed by atoms with Crippen LogP contribution in [0, 0.1) is 0 Å². The molecule has 0 amide bonds. The van der Waals surface area contributed by atoms with Crippen molar-refractivity contribution in [2.75, 3.05) is 24.7 Å². The average molecular weight is 389 g/mol. The van der Waals surface area contributed by atoms with Gasteiger partial charge < -0.3 is 10.1 Å². The van der Waals surface area contributed by atoms with E-state index in [1.807, 2.05) is 35.7 Å². The number of aromatic nitrogens is 3. The zero-order valence-electron chi connectivity index (χ0n) is 14.4. The summed E-state index contributed by atoms with van der Waals surface area (Å²) < 4.78 is 9.41. The Morgan fingerprint density at radius 1 is 1.27 bits per heavy atom. The number of hydrogen-bond donors (Lipinski definition) is 2. The van der Waals surface area contributed by atoms with Gasteiger partial charge in [0.1, 0.15) is 5.75 Å². The molecule has 2 N–H and O–H groups in total. The molecule has 2 heterocycles. The van der Waals surface area contributed by atoms with Crippen molar-refractivity contribution in [3.63, 3.8) is 0 Å². The fraction of sp³-hybridized carbons (Fsp3) is 0.278. The third-order valence-corrected chi connectivity index (χ3v) is 5.30. The van der Waals surface area contributed by atoms with Gasteiger partial charge in [-0.1, -0.05) is 12.1 Å². The monoisotopic (exact) mass is 388 g/mol. The highest BCUT2D eigenvalue weighted by Crippen LogP contribution is 2.14. The molecule has 6 nitrogen and oxygen atoms in total. The Morgan fingerprint density at radius 3 is 2.81 bits per heavy atom. The maximum absolute atomic E-state index is 12.2. The summed E-state index contributed by atoms with van der Waals surface area (Å²) in [6.45, 7) is 0.732. The number of nitrogens with one attached hydrogen (secondary N) is 2. The van der Waals surface area contributed by atoms with Crippen molar-refractivity contribution in [3.8, 4) is 5.75 Å².